The van der Waals surface area contributed by atoms with Gasteiger partial charge in [-0.3, -0.25) is 19.7 Å². The lowest BCUT2D eigenvalue weighted by atomic mass is 10.1. The van der Waals surface area contributed by atoms with Gasteiger partial charge < -0.3 is 10.6 Å². The molecule has 2 heterocycles. The van der Waals surface area contributed by atoms with Crippen LogP contribution in [0.3, 0.4) is 0 Å². The average Bonchev–Trinajstić information content (AvgIpc) is 2.45. The van der Waals surface area contributed by atoms with Gasteiger partial charge in [-0.05, 0) is 11.5 Å². The van der Waals surface area contributed by atoms with Crippen molar-refractivity contribution in [1.82, 2.24) is 15.2 Å². The summed E-state index contributed by atoms with van der Waals surface area (Å²) in [5, 5.41) is 3.67. The number of piperazine rings is 1. The number of carbonyl (C=O) groups excluding carboxylic acids is 3. The molecule has 1 fully saturated rings. The molecule has 0 atom stereocenters. The quantitative estimate of drug-likeness (QED) is 0.712. The topological polar surface area (TPSA) is 105 Å². The number of carbonyl (C=O) groups is 3. The molecule has 21 heavy (non-hydrogen) atoms. The standard InChI is InChI=1S/C14H12N4O3/c15-13-9-4-2-1-3-8(9)5-10(16-13)14(21)18-6-11(19)17-12(20)7-18/h1-5H,6-7H2,(H2,15,16)(H,17,19,20). The first-order valence-electron chi connectivity index (χ1n) is 6.32. The molecule has 1 saturated heterocycles. The van der Waals surface area contributed by atoms with Crippen molar-refractivity contribution in [3.63, 3.8) is 0 Å². The second-order valence-electron chi connectivity index (χ2n) is 4.75. The number of nitrogens with two attached hydrogens (primary N) is 1. The normalized spacial score (nSPS) is 15.1. The molecule has 0 unspecified atom stereocenters. The third-order valence-corrected chi connectivity index (χ3v) is 3.22. The summed E-state index contributed by atoms with van der Waals surface area (Å²) in [6.07, 6.45) is 0. The van der Waals surface area contributed by atoms with Crippen LogP contribution in [-0.4, -0.2) is 40.7 Å². The number of anilines is 1. The van der Waals surface area contributed by atoms with Crippen LogP contribution >= 0.6 is 0 Å². The van der Waals surface area contributed by atoms with E-state index in [4.69, 9.17) is 5.73 Å². The van der Waals surface area contributed by atoms with Gasteiger partial charge in [0.1, 0.15) is 24.6 Å². The van der Waals surface area contributed by atoms with Gasteiger partial charge >= 0.3 is 0 Å². The van der Waals surface area contributed by atoms with Crippen molar-refractivity contribution in [3.05, 3.63) is 36.0 Å². The van der Waals surface area contributed by atoms with E-state index in [1.165, 1.54) is 0 Å². The van der Waals surface area contributed by atoms with E-state index in [2.05, 4.69) is 10.3 Å². The third kappa shape index (κ3) is 2.40. The number of nitrogens with zero attached hydrogens (tertiary/aromatic N) is 2. The Hall–Kier alpha value is -2.96. The smallest absolute Gasteiger partial charge is 0.273 e. The zero-order chi connectivity index (χ0) is 15.0. The number of hydrogen-bond donors (Lipinski definition) is 2. The summed E-state index contributed by atoms with van der Waals surface area (Å²) in [7, 11) is 0. The summed E-state index contributed by atoms with van der Waals surface area (Å²) < 4.78 is 0. The fourth-order valence-corrected chi connectivity index (χ4v) is 2.28. The van der Waals surface area contributed by atoms with Crippen molar-refractivity contribution in [2.75, 3.05) is 18.8 Å². The molecule has 106 valence electrons. The van der Waals surface area contributed by atoms with E-state index in [0.29, 0.717) is 0 Å². The van der Waals surface area contributed by atoms with Crippen LogP contribution in [0.1, 0.15) is 10.5 Å². The molecule has 1 aliphatic rings. The summed E-state index contributed by atoms with van der Waals surface area (Å²) in [5.41, 5.74) is 5.97. The number of nitrogens with one attached hydrogen (secondary N) is 1. The Morgan fingerprint density at radius 3 is 2.57 bits per heavy atom. The largest absolute Gasteiger partial charge is 0.383 e. The minimum absolute atomic E-state index is 0.119. The van der Waals surface area contributed by atoms with Crippen molar-refractivity contribution < 1.29 is 14.4 Å². The monoisotopic (exact) mass is 284 g/mol. The van der Waals surface area contributed by atoms with Crippen LogP contribution in [0.15, 0.2) is 30.3 Å². The van der Waals surface area contributed by atoms with Crippen LogP contribution in [0.2, 0.25) is 0 Å². The number of rotatable bonds is 1. The van der Waals surface area contributed by atoms with E-state index in [-0.39, 0.29) is 24.6 Å². The summed E-state index contributed by atoms with van der Waals surface area (Å²) >= 11 is 0. The molecule has 7 heteroatoms. The molecular weight excluding hydrogens is 272 g/mol. The van der Waals surface area contributed by atoms with Gasteiger partial charge in [-0.15, -0.1) is 0 Å². The molecule has 3 amide bonds. The maximum atomic E-state index is 12.4. The Morgan fingerprint density at radius 2 is 1.86 bits per heavy atom. The third-order valence-electron chi connectivity index (χ3n) is 3.22. The average molecular weight is 284 g/mol. The lowest BCUT2D eigenvalue weighted by Crippen LogP contribution is -2.53. The van der Waals surface area contributed by atoms with Crippen LogP contribution in [0, 0.1) is 0 Å². The van der Waals surface area contributed by atoms with Gasteiger partial charge in [-0.25, -0.2) is 4.98 Å². The van der Waals surface area contributed by atoms with Crippen molar-refractivity contribution in [3.8, 4) is 0 Å². The molecule has 1 aliphatic heterocycles. The van der Waals surface area contributed by atoms with E-state index in [9.17, 15) is 14.4 Å². The molecule has 0 radical (unpaired) electrons. The molecule has 2 aromatic rings. The minimum atomic E-state index is -0.506. The highest BCUT2D eigenvalue weighted by Gasteiger charge is 2.28. The van der Waals surface area contributed by atoms with Gasteiger partial charge in [0.15, 0.2) is 0 Å². The molecule has 7 nitrogen and oxygen atoms in total. The Labute approximate surface area is 119 Å². The Bertz CT molecular complexity index is 756. The van der Waals surface area contributed by atoms with Crippen LogP contribution in [0.4, 0.5) is 5.82 Å². The molecule has 0 saturated carbocycles. The number of hydrogen-bond acceptors (Lipinski definition) is 5. The van der Waals surface area contributed by atoms with Crippen LogP contribution in [-0.2, 0) is 9.59 Å². The molecule has 3 N–H and O–H groups in total. The van der Waals surface area contributed by atoms with Crippen LogP contribution < -0.4 is 11.1 Å². The summed E-state index contributed by atoms with van der Waals surface area (Å²) in [6.45, 7) is -0.335. The summed E-state index contributed by atoms with van der Waals surface area (Å²) in [6, 6.07) is 8.89. The number of imide groups is 1. The van der Waals surface area contributed by atoms with Gasteiger partial charge in [0.2, 0.25) is 11.8 Å². The second kappa shape index (κ2) is 4.86. The SMILES string of the molecule is Nc1nc(C(=O)N2CC(=O)NC(=O)C2)cc2ccccc12. The minimum Gasteiger partial charge on any atom is -0.383 e. The number of fused-ring (bicyclic) bond motifs is 1. The number of aromatic nitrogens is 1. The van der Waals surface area contributed by atoms with Crippen LogP contribution in [0.5, 0.6) is 0 Å². The first kappa shape index (κ1) is 13.0. The second-order valence-corrected chi connectivity index (χ2v) is 4.75. The molecule has 1 aromatic carbocycles. The van der Waals surface area contributed by atoms with Crippen molar-refractivity contribution in [2.24, 2.45) is 0 Å². The number of nitrogen functional groups attached to an aromatic ring is 1. The van der Waals surface area contributed by atoms with Crippen molar-refractivity contribution in [1.29, 1.82) is 0 Å². The summed E-state index contributed by atoms with van der Waals surface area (Å²) in [5.74, 6) is -1.26. The van der Waals surface area contributed by atoms with E-state index < -0.39 is 17.7 Å². The van der Waals surface area contributed by atoms with Gasteiger partial charge in [-0.2, -0.15) is 0 Å². The first-order valence-corrected chi connectivity index (χ1v) is 6.32. The number of pyridine rings is 1. The molecular formula is C14H12N4O3. The zero-order valence-corrected chi connectivity index (χ0v) is 11.0. The lowest BCUT2D eigenvalue weighted by Gasteiger charge is -2.25. The first-order chi connectivity index (χ1) is 10.0. The maximum Gasteiger partial charge on any atom is 0.273 e. The molecule has 0 spiro atoms. The molecule has 1 aromatic heterocycles. The van der Waals surface area contributed by atoms with E-state index >= 15 is 0 Å². The summed E-state index contributed by atoms with van der Waals surface area (Å²) in [4.78, 5) is 40.2. The predicted octanol–water partition coefficient (Wildman–Crippen LogP) is -0.0844. The van der Waals surface area contributed by atoms with E-state index in [0.717, 1.165) is 15.7 Å². The van der Waals surface area contributed by atoms with E-state index in [1.807, 2.05) is 24.3 Å². The molecule has 0 aliphatic carbocycles. The zero-order valence-electron chi connectivity index (χ0n) is 11.0. The highest BCUT2D eigenvalue weighted by Crippen LogP contribution is 2.20. The fourth-order valence-electron chi connectivity index (χ4n) is 2.28. The van der Waals surface area contributed by atoms with E-state index in [1.54, 1.807) is 6.07 Å². The van der Waals surface area contributed by atoms with Gasteiger partial charge in [-0.1, -0.05) is 24.3 Å². The Kier molecular flexibility index (Phi) is 3.02. The van der Waals surface area contributed by atoms with Crippen LogP contribution in [0.25, 0.3) is 10.8 Å². The lowest BCUT2D eigenvalue weighted by molar-refractivity contribution is -0.135. The molecule has 3 rings (SSSR count). The van der Waals surface area contributed by atoms with Gasteiger partial charge in [0.05, 0.1) is 0 Å². The highest BCUT2D eigenvalue weighted by molar-refractivity contribution is 6.06. The number of benzene rings is 1. The van der Waals surface area contributed by atoms with Gasteiger partial charge in [0.25, 0.3) is 5.91 Å². The van der Waals surface area contributed by atoms with Crippen molar-refractivity contribution in [2.45, 2.75) is 0 Å². The number of amides is 3. The molecule has 0 bridgehead atoms. The Morgan fingerprint density at radius 1 is 1.19 bits per heavy atom. The Balaban J connectivity index is 1.98. The van der Waals surface area contributed by atoms with Crippen molar-refractivity contribution >= 4 is 34.3 Å². The van der Waals surface area contributed by atoms with Gasteiger partial charge in [0, 0.05) is 5.39 Å². The highest BCUT2D eigenvalue weighted by atomic mass is 16.2. The maximum absolute atomic E-state index is 12.4. The fraction of sp³-hybridized carbons (Fsp3) is 0.143. The predicted molar refractivity (Wildman–Crippen MR) is 75.2 cm³/mol.